The standard InChI is InChI=1S/C13H20O2/c1-12(2,15)13-5-8-3-9(6-13)11(14)10(4-8)7-13/h8-10,15H,3-7H2,1-2H3/t8?,9-,10+,13?. The Labute approximate surface area is 91.1 Å². The molecule has 0 radical (unpaired) electrons. The zero-order valence-electron chi connectivity index (χ0n) is 9.62. The average molecular weight is 208 g/mol. The van der Waals surface area contributed by atoms with Gasteiger partial charge < -0.3 is 5.11 Å². The van der Waals surface area contributed by atoms with E-state index >= 15 is 0 Å². The second-order valence-corrected chi connectivity index (χ2v) is 6.59. The van der Waals surface area contributed by atoms with Crippen molar-refractivity contribution < 1.29 is 9.90 Å². The molecule has 84 valence electrons. The summed E-state index contributed by atoms with van der Waals surface area (Å²) < 4.78 is 0. The first-order valence-corrected chi connectivity index (χ1v) is 6.17. The Bertz CT molecular complexity index is 295. The summed E-state index contributed by atoms with van der Waals surface area (Å²) in [4.78, 5) is 12.0. The van der Waals surface area contributed by atoms with Crippen LogP contribution in [-0.4, -0.2) is 16.5 Å². The van der Waals surface area contributed by atoms with E-state index in [1.165, 1.54) is 0 Å². The largest absolute Gasteiger partial charge is 0.390 e. The van der Waals surface area contributed by atoms with Gasteiger partial charge in [-0.15, -0.1) is 0 Å². The highest BCUT2D eigenvalue weighted by molar-refractivity contribution is 5.85. The molecule has 4 fully saturated rings. The molecule has 4 atom stereocenters. The van der Waals surface area contributed by atoms with Crippen LogP contribution in [0.5, 0.6) is 0 Å². The lowest BCUT2D eigenvalue weighted by molar-refractivity contribution is -0.175. The maximum atomic E-state index is 12.0. The fourth-order valence-corrected chi connectivity index (χ4v) is 4.50. The monoisotopic (exact) mass is 208 g/mol. The molecule has 4 bridgehead atoms. The van der Waals surface area contributed by atoms with E-state index in [9.17, 15) is 9.90 Å². The van der Waals surface area contributed by atoms with E-state index in [-0.39, 0.29) is 17.3 Å². The lowest BCUT2D eigenvalue weighted by atomic mass is 9.45. The van der Waals surface area contributed by atoms with Crippen LogP contribution in [0.4, 0.5) is 0 Å². The lowest BCUT2D eigenvalue weighted by Gasteiger charge is -2.60. The number of hydrogen-bond donors (Lipinski definition) is 1. The van der Waals surface area contributed by atoms with E-state index < -0.39 is 5.60 Å². The summed E-state index contributed by atoms with van der Waals surface area (Å²) in [7, 11) is 0. The first-order chi connectivity index (χ1) is 6.91. The number of carbonyl (C=O) groups is 1. The molecular weight excluding hydrogens is 188 g/mol. The third-order valence-corrected chi connectivity index (χ3v) is 5.29. The summed E-state index contributed by atoms with van der Waals surface area (Å²) in [5.74, 6) is 1.78. The highest BCUT2D eigenvalue weighted by atomic mass is 16.3. The van der Waals surface area contributed by atoms with Gasteiger partial charge in [-0.05, 0) is 51.9 Å². The Balaban J connectivity index is 1.99. The predicted octanol–water partition coefficient (Wildman–Crippen LogP) is 2.15. The van der Waals surface area contributed by atoms with E-state index in [1.54, 1.807) is 0 Å². The Kier molecular flexibility index (Phi) is 1.74. The SMILES string of the molecule is CC(C)(O)C12CC3C[C@H](C1)C(=O)[C@@H](C3)C2. The average Bonchev–Trinajstić information content (AvgIpc) is 2.10. The molecule has 1 N–H and O–H groups in total. The van der Waals surface area contributed by atoms with E-state index in [0.29, 0.717) is 11.7 Å². The Morgan fingerprint density at radius 1 is 1.20 bits per heavy atom. The molecule has 0 spiro atoms. The minimum absolute atomic E-state index is 0.0530. The summed E-state index contributed by atoms with van der Waals surface area (Å²) in [6, 6.07) is 0. The number of hydrogen-bond acceptors (Lipinski definition) is 2. The van der Waals surface area contributed by atoms with Gasteiger partial charge in [-0.25, -0.2) is 0 Å². The van der Waals surface area contributed by atoms with E-state index in [2.05, 4.69) is 0 Å². The Morgan fingerprint density at radius 2 is 1.73 bits per heavy atom. The normalized spacial score (nSPS) is 48.7. The quantitative estimate of drug-likeness (QED) is 0.717. The van der Waals surface area contributed by atoms with Gasteiger partial charge in [0.05, 0.1) is 5.60 Å². The Morgan fingerprint density at radius 3 is 2.20 bits per heavy atom. The second-order valence-electron chi connectivity index (χ2n) is 6.59. The third kappa shape index (κ3) is 1.17. The maximum Gasteiger partial charge on any atom is 0.139 e. The molecule has 4 saturated carbocycles. The van der Waals surface area contributed by atoms with E-state index in [1.807, 2.05) is 13.8 Å². The molecule has 0 saturated heterocycles. The van der Waals surface area contributed by atoms with Crippen molar-refractivity contribution in [2.75, 3.05) is 0 Å². The van der Waals surface area contributed by atoms with Gasteiger partial charge in [-0.2, -0.15) is 0 Å². The zero-order valence-corrected chi connectivity index (χ0v) is 9.62. The summed E-state index contributed by atoms with van der Waals surface area (Å²) in [5, 5.41) is 10.4. The minimum atomic E-state index is -0.608. The minimum Gasteiger partial charge on any atom is -0.390 e. The fraction of sp³-hybridized carbons (Fsp3) is 0.923. The van der Waals surface area contributed by atoms with Crippen molar-refractivity contribution >= 4 is 5.78 Å². The van der Waals surface area contributed by atoms with Gasteiger partial charge in [0, 0.05) is 17.3 Å². The number of ketones is 1. The van der Waals surface area contributed by atoms with Gasteiger partial charge in [0.15, 0.2) is 0 Å². The van der Waals surface area contributed by atoms with Gasteiger partial charge in [0.1, 0.15) is 5.78 Å². The molecule has 4 aliphatic carbocycles. The van der Waals surface area contributed by atoms with Crippen LogP contribution in [0, 0.1) is 23.2 Å². The first-order valence-electron chi connectivity index (χ1n) is 6.17. The maximum absolute atomic E-state index is 12.0. The zero-order chi connectivity index (χ0) is 10.8. The number of rotatable bonds is 1. The first kappa shape index (κ1) is 9.83. The van der Waals surface area contributed by atoms with Crippen molar-refractivity contribution in [2.24, 2.45) is 23.2 Å². The van der Waals surface area contributed by atoms with Crippen molar-refractivity contribution in [3.05, 3.63) is 0 Å². The fourth-order valence-electron chi connectivity index (χ4n) is 4.50. The molecule has 0 aromatic rings. The van der Waals surface area contributed by atoms with Gasteiger partial charge in [-0.3, -0.25) is 4.79 Å². The lowest BCUT2D eigenvalue weighted by Crippen LogP contribution is -2.59. The molecule has 2 heteroatoms. The van der Waals surface area contributed by atoms with Crippen molar-refractivity contribution in [3.63, 3.8) is 0 Å². The van der Waals surface area contributed by atoms with Crippen LogP contribution >= 0.6 is 0 Å². The summed E-state index contributed by atoms with van der Waals surface area (Å²) in [6.45, 7) is 3.87. The topological polar surface area (TPSA) is 37.3 Å². The molecule has 2 unspecified atom stereocenters. The van der Waals surface area contributed by atoms with Crippen molar-refractivity contribution in [1.82, 2.24) is 0 Å². The molecule has 15 heavy (non-hydrogen) atoms. The molecule has 0 aromatic carbocycles. The summed E-state index contributed by atoms with van der Waals surface area (Å²) in [6.07, 6.45) is 5.25. The Hall–Kier alpha value is -0.370. The molecule has 2 nitrogen and oxygen atoms in total. The molecule has 4 aliphatic rings. The van der Waals surface area contributed by atoms with Crippen LogP contribution < -0.4 is 0 Å². The van der Waals surface area contributed by atoms with E-state index in [4.69, 9.17) is 0 Å². The molecular formula is C13H20O2. The molecule has 0 amide bonds. The highest BCUT2D eigenvalue weighted by Gasteiger charge is 2.59. The van der Waals surface area contributed by atoms with E-state index in [0.717, 1.165) is 32.1 Å². The molecule has 4 rings (SSSR count). The van der Waals surface area contributed by atoms with Crippen LogP contribution in [0.2, 0.25) is 0 Å². The van der Waals surface area contributed by atoms with Crippen molar-refractivity contribution in [1.29, 1.82) is 0 Å². The van der Waals surface area contributed by atoms with Crippen LogP contribution in [-0.2, 0) is 4.79 Å². The van der Waals surface area contributed by atoms with Crippen molar-refractivity contribution in [2.45, 2.75) is 51.6 Å². The van der Waals surface area contributed by atoms with Gasteiger partial charge >= 0.3 is 0 Å². The summed E-state index contributed by atoms with van der Waals surface area (Å²) in [5.41, 5.74) is -0.555. The third-order valence-electron chi connectivity index (χ3n) is 5.29. The second kappa shape index (κ2) is 2.65. The predicted molar refractivity (Wildman–Crippen MR) is 57.3 cm³/mol. The smallest absolute Gasteiger partial charge is 0.139 e. The molecule has 0 heterocycles. The van der Waals surface area contributed by atoms with Crippen molar-refractivity contribution in [3.8, 4) is 0 Å². The molecule has 0 aliphatic heterocycles. The summed E-state index contributed by atoms with van der Waals surface area (Å²) >= 11 is 0. The van der Waals surface area contributed by atoms with Gasteiger partial charge in [-0.1, -0.05) is 0 Å². The number of carbonyl (C=O) groups excluding carboxylic acids is 1. The van der Waals surface area contributed by atoms with Crippen LogP contribution in [0.25, 0.3) is 0 Å². The highest BCUT2D eigenvalue weighted by Crippen LogP contribution is 2.62. The van der Waals surface area contributed by atoms with Crippen LogP contribution in [0.3, 0.4) is 0 Å². The number of aliphatic hydroxyl groups is 1. The van der Waals surface area contributed by atoms with Gasteiger partial charge in [0.2, 0.25) is 0 Å². The van der Waals surface area contributed by atoms with Gasteiger partial charge in [0.25, 0.3) is 0 Å². The van der Waals surface area contributed by atoms with Crippen LogP contribution in [0.1, 0.15) is 46.0 Å². The molecule has 0 aromatic heterocycles. The van der Waals surface area contributed by atoms with Crippen LogP contribution in [0.15, 0.2) is 0 Å². The number of Topliss-reactive ketones (excluding diaryl/α,β-unsaturated/α-hetero) is 1.